The van der Waals surface area contributed by atoms with Crippen molar-refractivity contribution in [3.63, 3.8) is 0 Å². The zero-order valence-electron chi connectivity index (χ0n) is 13.2. The van der Waals surface area contributed by atoms with E-state index in [9.17, 15) is 4.79 Å². The van der Waals surface area contributed by atoms with Gasteiger partial charge in [0.15, 0.2) is 0 Å². The van der Waals surface area contributed by atoms with Gasteiger partial charge in [0.05, 0.1) is 6.04 Å². The van der Waals surface area contributed by atoms with E-state index in [1.54, 1.807) is 17.5 Å². The van der Waals surface area contributed by atoms with Crippen molar-refractivity contribution in [3.05, 3.63) is 35.8 Å². The Morgan fingerprint density at radius 2 is 2.00 bits per heavy atom. The lowest BCUT2D eigenvalue weighted by molar-refractivity contribution is -0.117. The molecule has 1 aliphatic carbocycles. The summed E-state index contributed by atoms with van der Waals surface area (Å²) in [6.07, 6.45) is 8.88. The van der Waals surface area contributed by atoms with E-state index in [-0.39, 0.29) is 5.91 Å². The first-order valence-corrected chi connectivity index (χ1v) is 9.17. The van der Waals surface area contributed by atoms with E-state index in [1.807, 2.05) is 29.6 Å². The lowest BCUT2D eigenvalue weighted by Crippen LogP contribution is -2.37. The molecule has 122 valence electrons. The summed E-state index contributed by atoms with van der Waals surface area (Å²) in [7, 11) is 0. The minimum absolute atomic E-state index is 0.0856. The molecule has 0 radical (unpaired) electrons. The number of carbonyl (C=O) groups is 1. The van der Waals surface area contributed by atoms with Gasteiger partial charge in [0.2, 0.25) is 5.91 Å². The molecule has 3 rings (SSSR count). The van der Waals surface area contributed by atoms with Crippen LogP contribution in [-0.2, 0) is 4.79 Å². The first-order chi connectivity index (χ1) is 11.2. The summed E-state index contributed by atoms with van der Waals surface area (Å²) in [5, 5.41) is 5.86. The molecule has 1 aromatic heterocycles. The number of nitrogens with one attached hydrogen (secondary N) is 1. The number of hydrogen-bond donors (Lipinski definition) is 2. The third-order valence-electron chi connectivity index (χ3n) is 4.48. The summed E-state index contributed by atoms with van der Waals surface area (Å²) >= 11 is 1.60. The van der Waals surface area contributed by atoms with Crippen LogP contribution in [0.5, 0.6) is 0 Å². The Kier molecular flexibility index (Phi) is 5.41. The Labute approximate surface area is 141 Å². The summed E-state index contributed by atoms with van der Waals surface area (Å²) in [6, 6.07) is 7.34. The van der Waals surface area contributed by atoms with Crippen LogP contribution in [0.25, 0.3) is 10.6 Å². The Balaban J connectivity index is 1.54. The molecular formula is C18H23N3OS. The van der Waals surface area contributed by atoms with Gasteiger partial charge in [-0.2, -0.15) is 0 Å². The van der Waals surface area contributed by atoms with Gasteiger partial charge < -0.3 is 11.1 Å². The number of nitrogens with two attached hydrogens (primary N) is 1. The SMILES string of the molecule is NC(CC1CCCCC1)C(=O)Nc1ccc(-c2nccs2)cc1. The molecule has 1 amide bonds. The van der Waals surface area contributed by atoms with E-state index < -0.39 is 6.04 Å². The van der Waals surface area contributed by atoms with Crippen molar-refractivity contribution < 1.29 is 4.79 Å². The Morgan fingerprint density at radius 3 is 2.65 bits per heavy atom. The average Bonchev–Trinajstić information content (AvgIpc) is 3.11. The number of nitrogens with zero attached hydrogens (tertiary/aromatic N) is 1. The molecule has 2 aromatic rings. The van der Waals surface area contributed by atoms with Crippen molar-refractivity contribution in [2.24, 2.45) is 11.7 Å². The second-order valence-corrected chi connectivity index (χ2v) is 7.14. The van der Waals surface area contributed by atoms with Crippen LogP contribution < -0.4 is 11.1 Å². The Hall–Kier alpha value is -1.72. The van der Waals surface area contributed by atoms with Crippen LogP contribution in [0.2, 0.25) is 0 Å². The third kappa shape index (κ3) is 4.39. The molecule has 1 atom stereocenters. The highest BCUT2D eigenvalue weighted by Crippen LogP contribution is 2.27. The largest absolute Gasteiger partial charge is 0.325 e. The molecule has 0 bridgehead atoms. The number of amides is 1. The van der Waals surface area contributed by atoms with Gasteiger partial charge in [0, 0.05) is 22.8 Å². The lowest BCUT2D eigenvalue weighted by atomic mass is 9.85. The number of anilines is 1. The lowest BCUT2D eigenvalue weighted by Gasteiger charge is -2.24. The number of carbonyl (C=O) groups excluding carboxylic acids is 1. The molecule has 0 spiro atoms. The molecule has 1 fully saturated rings. The van der Waals surface area contributed by atoms with E-state index >= 15 is 0 Å². The van der Waals surface area contributed by atoms with Crippen molar-refractivity contribution in [1.82, 2.24) is 4.98 Å². The monoisotopic (exact) mass is 329 g/mol. The minimum atomic E-state index is -0.420. The van der Waals surface area contributed by atoms with E-state index in [1.165, 1.54) is 32.1 Å². The van der Waals surface area contributed by atoms with E-state index in [2.05, 4.69) is 10.3 Å². The van der Waals surface area contributed by atoms with Crippen LogP contribution in [0.3, 0.4) is 0 Å². The van der Waals surface area contributed by atoms with Crippen LogP contribution in [0.15, 0.2) is 35.8 Å². The van der Waals surface area contributed by atoms with Crippen molar-refractivity contribution in [2.75, 3.05) is 5.32 Å². The molecule has 1 heterocycles. The standard InChI is InChI=1S/C18H23N3OS/c19-16(12-13-4-2-1-3-5-13)17(22)21-15-8-6-14(7-9-15)18-20-10-11-23-18/h6-11,13,16H,1-5,12,19H2,(H,21,22). The summed E-state index contributed by atoms with van der Waals surface area (Å²) < 4.78 is 0. The van der Waals surface area contributed by atoms with Crippen LogP contribution in [0, 0.1) is 5.92 Å². The molecule has 23 heavy (non-hydrogen) atoms. The number of rotatable bonds is 5. The molecule has 1 aliphatic rings. The number of aromatic nitrogens is 1. The highest BCUT2D eigenvalue weighted by molar-refractivity contribution is 7.13. The molecule has 1 saturated carbocycles. The third-order valence-corrected chi connectivity index (χ3v) is 5.30. The van der Waals surface area contributed by atoms with E-state index in [0.29, 0.717) is 5.92 Å². The summed E-state index contributed by atoms with van der Waals surface area (Å²) in [4.78, 5) is 16.5. The van der Waals surface area contributed by atoms with Crippen molar-refractivity contribution in [3.8, 4) is 10.6 Å². The van der Waals surface area contributed by atoms with Crippen LogP contribution in [0.1, 0.15) is 38.5 Å². The highest BCUT2D eigenvalue weighted by atomic mass is 32.1. The average molecular weight is 329 g/mol. The van der Waals surface area contributed by atoms with Crippen molar-refractivity contribution >= 4 is 22.9 Å². The van der Waals surface area contributed by atoms with Gasteiger partial charge in [-0.15, -0.1) is 11.3 Å². The zero-order chi connectivity index (χ0) is 16.1. The van der Waals surface area contributed by atoms with Crippen LogP contribution in [-0.4, -0.2) is 16.9 Å². The number of thiazole rings is 1. The van der Waals surface area contributed by atoms with Gasteiger partial charge in [0.1, 0.15) is 5.01 Å². The number of hydrogen-bond acceptors (Lipinski definition) is 4. The van der Waals surface area contributed by atoms with Crippen molar-refractivity contribution in [2.45, 2.75) is 44.6 Å². The number of benzene rings is 1. The van der Waals surface area contributed by atoms with Crippen molar-refractivity contribution in [1.29, 1.82) is 0 Å². The maximum atomic E-state index is 12.3. The molecule has 1 aromatic carbocycles. The van der Waals surface area contributed by atoms with Gasteiger partial charge in [-0.25, -0.2) is 4.98 Å². The molecule has 0 aliphatic heterocycles. The maximum absolute atomic E-state index is 12.3. The Morgan fingerprint density at radius 1 is 1.26 bits per heavy atom. The van der Waals surface area contributed by atoms with Gasteiger partial charge >= 0.3 is 0 Å². The molecule has 1 unspecified atom stereocenters. The fraction of sp³-hybridized carbons (Fsp3) is 0.444. The minimum Gasteiger partial charge on any atom is -0.325 e. The maximum Gasteiger partial charge on any atom is 0.241 e. The van der Waals surface area contributed by atoms with Gasteiger partial charge in [0.25, 0.3) is 0 Å². The van der Waals surface area contributed by atoms with Gasteiger partial charge in [-0.3, -0.25) is 4.79 Å². The second-order valence-electron chi connectivity index (χ2n) is 6.25. The molecule has 0 saturated heterocycles. The van der Waals surface area contributed by atoms with Gasteiger partial charge in [-0.1, -0.05) is 32.1 Å². The normalized spacial score (nSPS) is 16.9. The topological polar surface area (TPSA) is 68.0 Å². The molecule has 3 N–H and O–H groups in total. The second kappa shape index (κ2) is 7.70. The van der Waals surface area contributed by atoms with Gasteiger partial charge in [-0.05, 0) is 36.6 Å². The predicted octanol–water partition coefficient (Wildman–Crippen LogP) is 4.05. The summed E-state index contributed by atoms with van der Waals surface area (Å²) in [5.74, 6) is 0.523. The smallest absolute Gasteiger partial charge is 0.241 e. The molecular weight excluding hydrogens is 306 g/mol. The fourth-order valence-corrected chi connectivity index (χ4v) is 3.83. The Bertz CT molecular complexity index is 618. The van der Waals surface area contributed by atoms with Crippen LogP contribution in [0.4, 0.5) is 5.69 Å². The molecule has 5 heteroatoms. The first-order valence-electron chi connectivity index (χ1n) is 8.29. The van der Waals surface area contributed by atoms with E-state index in [4.69, 9.17) is 5.73 Å². The van der Waals surface area contributed by atoms with E-state index in [0.717, 1.165) is 22.7 Å². The summed E-state index contributed by atoms with van der Waals surface area (Å²) in [6.45, 7) is 0. The quantitative estimate of drug-likeness (QED) is 0.869. The van der Waals surface area contributed by atoms with Crippen LogP contribution >= 0.6 is 11.3 Å². The zero-order valence-corrected chi connectivity index (χ0v) is 14.0. The fourth-order valence-electron chi connectivity index (χ4n) is 3.19. The first kappa shape index (κ1) is 16.1. The summed E-state index contributed by atoms with van der Waals surface area (Å²) in [5.41, 5.74) is 7.93. The highest BCUT2D eigenvalue weighted by Gasteiger charge is 2.21. The predicted molar refractivity (Wildman–Crippen MR) is 95.3 cm³/mol. The molecule has 4 nitrogen and oxygen atoms in total.